The van der Waals surface area contributed by atoms with Crippen molar-refractivity contribution in [2.75, 3.05) is 6.54 Å². The van der Waals surface area contributed by atoms with Gasteiger partial charge in [-0.15, -0.1) is 11.3 Å². The predicted molar refractivity (Wildman–Crippen MR) is 78.1 cm³/mol. The van der Waals surface area contributed by atoms with E-state index in [4.69, 9.17) is 17.3 Å². The number of nitrogens with two attached hydrogens (primary N) is 1. The van der Waals surface area contributed by atoms with Gasteiger partial charge in [-0.1, -0.05) is 24.4 Å². The minimum Gasteiger partial charge on any atom is -0.342 e. The molecule has 2 rings (SSSR count). The van der Waals surface area contributed by atoms with E-state index in [1.165, 1.54) is 12.8 Å². The summed E-state index contributed by atoms with van der Waals surface area (Å²) >= 11 is 7.46. The predicted octanol–water partition coefficient (Wildman–Crippen LogP) is 3.85. The fourth-order valence-corrected chi connectivity index (χ4v) is 2.76. The van der Waals surface area contributed by atoms with Crippen LogP contribution in [0.3, 0.4) is 0 Å². The largest absolute Gasteiger partial charge is 0.342 e. The van der Waals surface area contributed by atoms with E-state index in [0.29, 0.717) is 0 Å². The second-order valence-corrected chi connectivity index (χ2v) is 5.88. The molecule has 5 heteroatoms. The fourth-order valence-electron chi connectivity index (χ4n) is 1.88. The zero-order valence-corrected chi connectivity index (χ0v) is 11.9. The number of unbranched alkanes of at least 4 members (excludes halogenated alkanes) is 3. The minimum absolute atomic E-state index is 0.795. The molecule has 18 heavy (non-hydrogen) atoms. The molecule has 0 saturated carbocycles. The second-order valence-electron chi connectivity index (χ2n) is 4.34. The number of aryl methyl sites for hydroxylation is 1. The van der Waals surface area contributed by atoms with Crippen molar-refractivity contribution in [1.29, 1.82) is 0 Å². The van der Waals surface area contributed by atoms with Crippen molar-refractivity contribution in [2.24, 2.45) is 5.73 Å². The van der Waals surface area contributed by atoms with Crippen molar-refractivity contribution >= 4 is 22.9 Å². The summed E-state index contributed by atoms with van der Waals surface area (Å²) in [6.07, 6.45) is 7.60. The molecule has 0 aliphatic carbocycles. The van der Waals surface area contributed by atoms with E-state index < -0.39 is 0 Å². The summed E-state index contributed by atoms with van der Waals surface area (Å²) in [7, 11) is 0. The van der Waals surface area contributed by atoms with Gasteiger partial charge in [0.15, 0.2) is 0 Å². The van der Waals surface area contributed by atoms with Crippen molar-refractivity contribution in [3.05, 3.63) is 27.8 Å². The van der Waals surface area contributed by atoms with Gasteiger partial charge >= 0.3 is 0 Å². The van der Waals surface area contributed by atoms with E-state index in [2.05, 4.69) is 9.97 Å². The SMILES string of the molecule is NCCCCCCc1ncc(-c2csc(Cl)c2)[nH]1. The Morgan fingerprint density at radius 2 is 2.11 bits per heavy atom. The molecule has 0 aromatic carbocycles. The molecule has 98 valence electrons. The molecule has 3 N–H and O–H groups in total. The highest BCUT2D eigenvalue weighted by atomic mass is 35.5. The number of hydrogen-bond acceptors (Lipinski definition) is 3. The molecule has 0 aliphatic rings. The lowest BCUT2D eigenvalue weighted by Crippen LogP contribution is -1.98. The minimum atomic E-state index is 0.795. The number of hydrogen-bond donors (Lipinski definition) is 2. The van der Waals surface area contributed by atoms with Gasteiger partial charge in [-0.05, 0) is 25.5 Å². The zero-order valence-electron chi connectivity index (χ0n) is 10.3. The summed E-state index contributed by atoms with van der Waals surface area (Å²) in [5.74, 6) is 1.06. The van der Waals surface area contributed by atoms with Gasteiger partial charge in [-0.2, -0.15) is 0 Å². The normalized spacial score (nSPS) is 11.0. The van der Waals surface area contributed by atoms with Crippen LogP contribution in [-0.4, -0.2) is 16.5 Å². The van der Waals surface area contributed by atoms with Crippen LogP contribution < -0.4 is 5.73 Å². The topological polar surface area (TPSA) is 54.7 Å². The van der Waals surface area contributed by atoms with E-state index in [1.807, 2.05) is 17.6 Å². The summed E-state index contributed by atoms with van der Waals surface area (Å²) in [5, 5.41) is 2.04. The lowest BCUT2D eigenvalue weighted by Gasteiger charge is -1.98. The Hall–Kier alpha value is -0.840. The van der Waals surface area contributed by atoms with Gasteiger partial charge in [0.2, 0.25) is 0 Å². The highest BCUT2D eigenvalue weighted by Crippen LogP contribution is 2.27. The van der Waals surface area contributed by atoms with Crippen LogP contribution in [-0.2, 0) is 6.42 Å². The third kappa shape index (κ3) is 3.83. The summed E-state index contributed by atoms with van der Waals surface area (Å²) in [6.45, 7) is 0.795. The van der Waals surface area contributed by atoms with Crippen molar-refractivity contribution in [3.63, 3.8) is 0 Å². The Bertz CT molecular complexity index is 478. The van der Waals surface area contributed by atoms with Crippen LogP contribution >= 0.6 is 22.9 Å². The second kappa shape index (κ2) is 6.92. The van der Waals surface area contributed by atoms with Gasteiger partial charge in [0.25, 0.3) is 0 Å². The zero-order chi connectivity index (χ0) is 12.8. The third-order valence-corrected chi connectivity index (χ3v) is 3.97. The molecule has 0 bridgehead atoms. The summed E-state index contributed by atoms with van der Waals surface area (Å²) in [5.41, 5.74) is 7.63. The van der Waals surface area contributed by atoms with Gasteiger partial charge in [0.1, 0.15) is 5.82 Å². The third-order valence-electron chi connectivity index (χ3n) is 2.87. The molecule has 0 aliphatic heterocycles. The number of nitrogens with zero attached hydrogens (tertiary/aromatic N) is 1. The van der Waals surface area contributed by atoms with Gasteiger partial charge in [-0.3, -0.25) is 0 Å². The summed E-state index contributed by atoms with van der Waals surface area (Å²) < 4.78 is 0.808. The molecular formula is C13H18ClN3S. The fraction of sp³-hybridized carbons (Fsp3) is 0.462. The Balaban J connectivity index is 1.83. The lowest BCUT2D eigenvalue weighted by molar-refractivity contribution is 0.638. The molecule has 2 heterocycles. The van der Waals surface area contributed by atoms with Gasteiger partial charge < -0.3 is 10.7 Å². The number of H-pyrrole nitrogens is 1. The van der Waals surface area contributed by atoms with Gasteiger partial charge in [0, 0.05) is 17.4 Å². The first-order valence-electron chi connectivity index (χ1n) is 6.28. The number of aromatic nitrogens is 2. The van der Waals surface area contributed by atoms with Gasteiger partial charge in [-0.25, -0.2) is 4.98 Å². The van der Waals surface area contributed by atoms with Crippen molar-refractivity contribution in [1.82, 2.24) is 9.97 Å². The Labute approximate surface area is 116 Å². The molecule has 0 saturated heterocycles. The van der Waals surface area contributed by atoms with Gasteiger partial charge in [0.05, 0.1) is 16.2 Å². The highest BCUT2D eigenvalue weighted by molar-refractivity contribution is 7.14. The van der Waals surface area contributed by atoms with E-state index in [-0.39, 0.29) is 0 Å². The average Bonchev–Trinajstić information content (AvgIpc) is 2.97. The number of halogens is 1. The standard InChI is InChI=1S/C13H18ClN3S/c14-12-7-10(9-18-12)11-8-16-13(17-11)5-3-1-2-4-6-15/h7-9H,1-6,15H2,(H,16,17). The smallest absolute Gasteiger partial charge is 0.106 e. The van der Waals surface area contributed by atoms with Crippen molar-refractivity contribution in [3.8, 4) is 11.3 Å². The van der Waals surface area contributed by atoms with Crippen LogP contribution in [0.5, 0.6) is 0 Å². The van der Waals surface area contributed by atoms with E-state index in [9.17, 15) is 0 Å². The Kier molecular flexibility index (Phi) is 5.23. The maximum Gasteiger partial charge on any atom is 0.106 e. The summed E-state index contributed by atoms with van der Waals surface area (Å²) in [4.78, 5) is 7.75. The first-order chi connectivity index (χ1) is 8.79. The maximum absolute atomic E-state index is 5.92. The number of rotatable bonds is 7. The molecule has 0 amide bonds. The van der Waals surface area contributed by atoms with E-state index in [1.54, 1.807) is 11.3 Å². The quantitative estimate of drug-likeness (QED) is 0.758. The molecule has 0 atom stereocenters. The highest BCUT2D eigenvalue weighted by Gasteiger charge is 2.05. The van der Waals surface area contributed by atoms with Crippen LogP contribution in [0.2, 0.25) is 4.34 Å². The first kappa shape index (κ1) is 13.6. The molecule has 0 unspecified atom stereocenters. The lowest BCUT2D eigenvalue weighted by atomic mass is 10.1. The maximum atomic E-state index is 5.92. The number of nitrogens with one attached hydrogen (secondary N) is 1. The summed E-state index contributed by atoms with van der Waals surface area (Å²) in [6, 6.07) is 1.96. The first-order valence-corrected chi connectivity index (χ1v) is 7.53. The van der Waals surface area contributed by atoms with Crippen LogP contribution in [0.15, 0.2) is 17.6 Å². The Morgan fingerprint density at radius 3 is 2.83 bits per heavy atom. The van der Waals surface area contributed by atoms with E-state index >= 15 is 0 Å². The molecular weight excluding hydrogens is 266 g/mol. The number of thiophene rings is 1. The molecule has 0 radical (unpaired) electrons. The molecule has 3 nitrogen and oxygen atoms in total. The molecule has 2 aromatic heterocycles. The van der Waals surface area contributed by atoms with Crippen LogP contribution in [0.25, 0.3) is 11.3 Å². The van der Waals surface area contributed by atoms with E-state index in [0.717, 1.165) is 47.2 Å². The van der Waals surface area contributed by atoms with Crippen molar-refractivity contribution in [2.45, 2.75) is 32.1 Å². The van der Waals surface area contributed by atoms with Crippen LogP contribution in [0.4, 0.5) is 0 Å². The molecule has 0 fully saturated rings. The number of imidazole rings is 1. The monoisotopic (exact) mass is 283 g/mol. The number of aromatic amines is 1. The Morgan fingerprint density at radius 1 is 1.28 bits per heavy atom. The van der Waals surface area contributed by atoms with Crippen LogP contribution in [0.1, 0.15) is 31.5 Å². The molecule has 0 spiro atoms. The van der Waals surface area contributed by atoms with Crippen molar-refractivity contribution < 1.29 is 0 Å². The van der Waals surface area contributed by atoms with Crippen LogP contribution in [0, 0.1) is 0 Å². The molecule has 2 aromatic rings. The average molecular weight is 284 g/mol.